The van der Waals surface area contributed by atoms with E-state index >= 15 is 0 Å². The van der Waals surface area contributed by atoms with Crippen LogP contribution in [0.25, 0.3) is 11.0 Å². The minimum absolute atomic E-state index is 0.145. The Hall–Kier alpha value is -2.41. The van der Waals surface area contributed by atoms with Crippen LogP contribution in [0.1, 0.15) is 44.9 Å². The summed E-state index contributed by atoms with van der Waals surface area (Å²) in [6, 6.07) is 4.48. The largest absolute Gasteiger partial charge is 0.488 e. The fourth-order valence-corrected chi connectivity index (χ4v) is 4.62. The lowest BCUT2D eigenvalue weighted by atomic mass is 9.84. The van der Waals surface area contributed by atoms with Crippen LogP contribution >= 0.6 is 0 Å². The maximum Gasteiger partial charge on any atom is 0.223 e. The second kappa shape index (κ2) is 8.76. The molecular formula is C23H30N4O3. The first-order valence-corrected chi connectivity index (χ1v) is 11.3. The molecule has 7 nitrogen and oxygen atoms in total. The van der Waals surface area contributed by atoms with Gasteiger partial charge in [-0.3, -0.25) is 9.78 Å². The molecule has 1 amide bonds. The fourth-order valence-electron chi connectivity index (χ4n) is 4.62. The van der Waals surface area contributed by atoms with Crippen molar-refractivity contribution in [3.05, 3.63) is 24.5 Å². The van der Waals surface area contributed by atoms with Gasteiger partial charge in [-0.15, -0.1) is 0 Å². The van der Waals surface area contributed by atoms with Crippen LogP contribution < -0.4 is 15.0 Å². The molecule has 2 heterocycles. The summed E-state index contributed by atoms with van der Waals surface area (Å²) in [6.45, 7) is 3.23. The number of amides is 1. The van der Waals surface area contributed by atoms with Crippen LogP contribution in [0.5, 0.6) is 5.75 Å². The molecule has 0 radical (unpaired) electrons. The molecule has 0 unspecified atom stereocenters. The maximum absolute atomic E-state index is 12.2. The van der Waals surface area contributed by atoms with Crippen molar-refractivity contribution in [2.24, 2.45) is 5.92 Å². The SMILES string of the molecule is O=C(NC1CCC(Oc2cc(N3CCOCC3)cc3nccnc23)CC1)C1CCC1. The van der Waals surface area contributed by atoms with Gasteiger partial charge in [0.25, 0.3) is 0 Å². The summed E-state index contributed by atoms with van der Waals surface area (Å²) in [5, 5.41) is 3.25. The molecule has 160 valence electrons. The van der Waals surface area contributed by atoms with Crippen molar-refractivity contribution in [3.63, 3.8) is 0 Å². The third kappa shape index (κ3) is 4.21. The van der Waals surface area contributed by atoms with Crippen LogP contribution in [-0.4, -0.2) is 54.3 Å². The van der Waals surface area contributed by atoms with Gasteiger partial charge in [0.2, 0.25) is 5.91 Å². The van der Waals surface area contributed by atoms with Crippen LogP contribution in [0.2, 0.25) is 0 Å². The van der Waals surface area contributed by atoms with E-state index < -0.39 is 0 Å². The lowest BCUT2D eigenvalue weighted by molar-refractivity contribution is -0.128. The van der Waals surface area contributed by atoms with Gasteiger partial charge in [0.1, 0.15) is 11.3 Å². The monoisotopic (exact) mass is 410 g/mol. The van der Waals surface area contributed by atoms with Crippen LogP contribution in [-0.2, 0) is 9.53 Å². The molecule has 3 fully saturated rings. The third-order valence-corrected chi connectivity index (χ3v) is 6.69. The zero-order chi connectivity index (χ0) is 20.3. The zero-order valence-corrected chi connectivity index (χ0v) is 17.4. The Balaban J connectivity index is 1.26. The minimum Gasteiger partial charge on any atom is -0.488 e. The molecule has 1 aromatic carbocycles. The Morgan fingerprint density at radius 1 is 1.03 bits per heavy atom. The van der Waals surface area contributed by atoms with Gasteiger partial charge in [0.05, 0.1) is 24.8 Å². The Kier molecular flexibility index (Phi) is 5.71. The Morgan fingerprint density at radius 2 is 1.80 bits per heavy atom. The van der Waals surface area contributed by atoms with Crippen LogP contribution in [0.15, 0.2) is 24.5 Å². The summed E-state index contributed by atoms with van der Waals surface area (Å²) in [5.74, 6) is 1.32. The molecule has 1 aliphatic heterocycles. The first-order valence-electron chi connectivity index (χ1n) is 11.3. The van der Waals surface area contributed by atoms with Gasteiger partial charge in [-0.25, -0.2) is 4.98 Å². The Labute approximate surface area is 177 Å². The van der Waals surface area contributed by atoms with Gasteiger partial charge in [0, 0.05) is 49.2 Å². The number of nitrogens with zero attached hydrogens (tertiary/aromatic N) is 3. The predicted molar refractivity (Wildman–Crippen MR) is 115 cm³/mol. The van der Waals surface area contributed by atoms with E-state index in [-0.39, 0.29) is 24.0 Å². The van der Waals surface area contributed by atoms with E-state index in [0.29, 0.717) is 0 Å². The number of benzene rings is 1. The molecule has 1 N–H and O–H groups in total. The van der Waals surface area contributed by atoms with E-state index in [9.17, 15) is 4.79 Å². The summed E-state index contributed by atoms with van der Waals surface area (Å²) in [5.41, 5.74) is 2.79. The summed E-state index contributed by atoms with van der Waals surface area (Å²) >= 11 is 0. The molecule has 0 spiro atoms. The number of rotatable bonds is 5. The number of fused-ring (bicyclic) bond motifs is 1. The van der Waals surface area contributed by atoms with Crippen LogP contribution in [0, 0.1) is 5.92 Å². The lowest BCUT2D eigenvalue weighted by Crippen LogP contribution is -2.43. The summed E-state index contributed by atoms with van der Waals surface area (Å²) < 4.78 is 12.0. The second-order valence-corrected chi connectivity index (χ2v) is 8.70. The smallest absolute Gasteiger partial charge is 0.223 e. The lowest BCUT2D eigenvalue weighted by Gasteiger charge is -2.33. The number of ether oxygens (including phenoxy) is 2. The Morgan fingerprint density at radius 3 is 2.53 bits per heavy atom. The second-order valence-electron chi connectivity index (χ2n) is 8.70. The maximum atomic E-state index is 12.2. The van der Waals surface area contributed by atoms with Crippen molar-refractivity contribution in [1.29, 1.82) is 0 Å². The number of carbonyl (C=O) groups excluding carboxylic acids is 1. The highest BCUT2D eigenvalue weighted by molar-refractivity contribution is 5.85. The van der Waals surface area contributed by atoms with Crippen molar-refractivity contribution in [1.82, 2.24) is 15.3 Å². The van der Waals surface area contributed by atoms with E-state index in [2.05, 4.69) is 32.3 Å². The number of anilines is 1. The zero-order valence-electron chi connectivity index (χ0n) is 17.4. The van der Waals surface area contributed by atoms with E-state index in [0.717, 1.165) is 87.3 Å². The summed E-state index contributed by atoms with van der Waals surface area (Å²) in [6.07, 6.45) is 10.7. The van der Waals surface area contributed by atoms with Crippen molar-refractivity contribution in [2.45, 2.75) is 57.1 Å². The molecule has 30 heavy (non-hydrogen) atoms. The fraction of sp³-hybridized carbons (Fsp3) is 0.609. The van der Waals surface area contributed by atoms with Crippen molar-refractivity contribution >= 4 is 22.6 Å². The molecule has 2 aliphatic carbocycles. The molecule has 0 bridgehead atoms. The van der Waals surface area contributed by atoms with E-state index in [4.69, 9.17) is 9.47 Å². The molecule has 5 rings (SSSR count). The highest BCUT2D eigenvalue weighted by Crippen LogP contribution is 2.33. The quantitative estimate of drug-likeness (QED) is 0.816. The predicted octanol–water partition coefficient (Wildman–Crippen LogP) is 3.07. The van der Waals surface area contributed by atoms with Gasteiger partial charge in [-0.05, 0) is 44.6 Å². The molecular weight excluding hydrogens is 380 g/mol. The number of aromatic nitrogens is 2. The van der Waals surface area contributed by atoms with E-state index in [1.165, 1.54) is 6.42 Å². The van der Waals surface area contributed by atoms with Crippen molar-refractivity contribution in [3.8, 4) is 5.75 Å². The molecule has 7 heteroatoms. The number of carbonyl (C=O) groups is 1. The van der Waals surface area contributed by atoms with Crippen LogP contribution in [0.4, 0.5) is 5.69 Å². The highest BCUT2D eigenvalue weighted by atomic mass is 16.5. The molecule has 1 saturated heterocycles. The van der Waals surface area contributed by atoms with Gasteiger partial charge < -0.3 is 19.7 Å². The number of morpholine rings is 1. The average molecular weight is 411 g/mol. The van der Waals surface area contributed by atoms with E-state index in [1.54, 1.807) is 12.4 Å². The van der Waals surface area contributed by atoms with Gasteiger partial charge in [-0.2, -0.15) is 0 Å². The molecule has 3 aliphatic rings. The van der Waals surface area contributed by atoms with Gasteiger partial charge in [-0.1, -0.05) is 6.42 Å². The van der Waals surface area contributed by atoms with Crippen molar-refractivity contribution < 1.29 is 14.3 Å². The van der Waals surface area contributed by atoms with Gasteiger partial charge >= 0.3 is 0 Å². The first kappa shape index (κ1) is 19.5. The van der Waals surface area contributed by atoms with E-state index in [1.807, 2.05) is 0 Å². The first-order chi connectivity index (χ1) is 14.8. The molecule has 1 aromatic heterocycles. The normalized spacial score (nSPS) is 25.0. The van der Waals surface area contributed by atoms with Crippen LogP contribution in [0.3, 0.4) is 0 Å². The summed E-state index contributed by atoms with van der Waals surface area (Å²) in [4.78, 5) is 23.6. The molecule has 2 saturated carbocycles. The third-order valence-electron chi connectivity index (χ3n) is 6.69. The highest BCUT2D eigenvalue weighted by Gasteiger charge is 2.29. The van der Waals surface area contributed by atoms with Gasteiger partial charge in [0.15, 0.2) is 0 Å². The molecule has 0 atom stereocenters. The van der Waals surface area contributed by atoms with Crippen molar-refractivity contribution in [2.75, 3.05) is 31.2 Å². The number of hydrogen-bond acceptors (Lipinski definition) is 6. The standard InChI is InChI=1S/C23H30N4O3/c28-23(16-2-1-3-16)26-17-4-6-19(7-5-17)30-21-15-18(27-10-12-29-13-11-27)14-20-22(21)25-9-8-24-20/h8-9,14-17,19H,1-7,10-13H2,(H,26,28). The molecule has 2 aromatic rings. The number of nitrogens with one attached hydrogen (secondary N) is 1. The summed E-state index contributed by atoms with van der Waals surface area (Å²) in [7, 11) is 0. The topological polar surface area (TPSA) is 76.6 Å². The average Bonchev–Trinajstić information content (AvgIpc) is 2.74. The minimum atomic E-state index is 0.145. The number of hydrogen-bond donors (Lipinski definition) is 1. The Bertz CT molecular complexity index is 887.